The van der Waals surface area contributed by atoms with Crippen molar-refractivity contribution in [2.75, 3.05) is 6.61 Å². The Bertz CT molecular complexity index is 105. The van der Waals surface area contributed by atoms with E-state index < -0.39 is 12.1 Å². The molecule has 0 aliphatic carbocycles. The molecule has 1 fully saturated rings. The molecule has 0 aromatic heterocycles. The molecule has 1 aliphatic rings. The molecule has 0 saturated carbocycles. The normalized spacial score (nSPS) is 27.8. The molecule has 1 rings (SSSR count). The van der Waals surface area contributed by atoms with Gasteiger partial charge in [-0.3, -0.25) is 0 Å². The highest BCUT2D eigenvalue weighted by molar-refractivity contribution is 5.69. The van der Waals surface area contributed by atoms with Crippen molar-refractivity contribution in [3.8, 4) is 0 Å². The number of carboxylic acid groups (broad SMARTS) is 1. The van der Waals surface area contributed by atoms with Gasteiger partial charge in [-0.15, -0.1) is 0 Å². The second-order valence-electron chi connectivity index (χ2n) is 2.17. The highest BCUT2D eigenvalue weighted by Gasteiger charge is 2.13. The SMILES string of the molecule is O=C([O-])[C@H]1CCCCO1. The van der Waals surface area contributed by atoms with Crippen LogP contribution in [0.4, 0.5) is 0 Å². The molecule has 3 heteroatoms. The van der Waals surface area contributed by atoms with E-state index >= 15 is 0 Å². The highest BCUT2D eigenvalue weighted by Crippen LogP contribution is 2.11. The van der Waals surface area contributed by atoms with E-state index in [4.69, 9.17) is 4.74 Å². The molecule has 3 nitrogen and oxygen atoms in total. The Morgan fingerprint density at radius 2 is 2.33 bits per heavy atom. The molecular weight excluding hydrogens is 120 g/mol. The highest BCUT2D eigenvalue weighted by atomic mass is 16.5. The molecule has 1 atom stereocenters. The zero-order chi connectivity index (χ0) is 6.69. The standard InChI is InChI=1S/C6H10O3/c7-6(8)5-3-1-2-4-9-5/h5H,1-4H2,(H,7,8)/p-1/t5-/m1/s1. The second-order valence-corrected chi connectivity index (χ2v) is 2.17. The number of carbonyl (C=O) groups excluding carboxylic acids is 1. The molecule has 0 N–H and O–H groups in total. The number of hydrogen-bond acceptors (Lipinski definition) is 3. The van der Waals surface area contributed by atoms with Gasteiger partial charge in [0, 0.05) is 6.61 Å². The van der Waals surface area contributed by atoms with E-state index in [0.717, 1.165) is 12.8 Å². The van der Waals surface area contributed by atoms with Crippen LogP contribution in [0.25, 0.3) is 0 Å². The quantitative estimate of drug-likeness (QED) is 0.470. The molecule has 0 bridgehead atoms. The first-order chi connectivity index (χ1) is 4.30. The van der Waals surface area contributed by atoms with Crippen molar-refractivity contribution in [2.24, 2.45) is 0 Å². The summed E-state index contributed by atoms with van der Waals surface area (Å²) in [6.07, 6.45) is 1.89. The molecule has 0 spiro atoms. The van der Waals surface area contributed by atoms with E-state index in [2.05, 4.69) is 0 Å². The van der Waals surface area contributed by atoms with E-state index in [1.54, 1.807) is 0 Å². The molecule has 0 radical (unpaired) electrons. The minimum atomic E-state index is -1.07. The number of hydrogen-bond donors (Lipinski definition) is 0. The maximum atomic E-state index is 10.1. The number of rotatable bonds is 1. The first-order valence-corrected chi connectivity index (χ1v) is 3.13. The molecule has 1 saturated heterocycles. The summed E-state index contributed by atoms with van der Waals surface area (Å²) in [5.74, 6) is -1.07. The van der Waals surface area contributed by atoms with Crippen molar-refractivity contribution in [2.45, 2.75) is 25.4 Å². The summed E-state index contributed by atoms with van der Waals surface area (Å²) in [6, 6.07) is 0. The van der Waals surface area contributed by atoms with Crippen molar-refractivity contribution in [3.05, 3.63) is 0 Å². The molecule has 0 amide bonds. The second kappa shape index (κ2) is 2.82. The molecular formula is C6H9O3-. The van der Waals surface area contributed by atoms with Gasteiger partial charge in [0.25, 0.3) is 0 Å². The van der Waals surface area contributed by atoms with Crippen LogP contribution in [-0.2, 0) is 9.53 Å². The van der Waals surface area contributed by atoms with Crippen LogP contribution < -0.4 is 5.11 Å². The summed E-state index contributed by atoms with van der Waals surface area (Å²) in [6.45, 7) is 0.568. The summed E-state index contributed by atoms with van der Waals surface area (Å²) in [4.78, 5) is 10.1. The average molecular weight is 129 g/mol. The van der Waals surface area contributed by atoms with Crippen molar-refractivity contribution in [1.29, 1.82) is 0 Å². The maximum absolute atomic E-state index is 10.1. The Morgan fingerprint density at radius 1 is 1.56 bits per heavy atom. The number of carbonyl (C=O) groups is 1. The Balaban J connectivity index is 2.31. The van der Waals surface area contributed by atoms with E-state index in [1.165, 1.54) is 0 Å². The lowest BCUT2D eigenvalue weighted by atomic mass is 10.1. The fraction of sp³-hybridized carbons (Fsp3) is 0.833. The molecule has 9 heavy (non-hydrogen) atoms. The van der Waals surface area contributed by atoms with Crippen LogP contribution in [0.2, 0.25) is 0 Å². The maximum Gasteiger partial charge on any atom is 0.0968 e. The third-order valence-corrected chi connectivity index (χ3v) is 1.44. The average Bonchev–Trinajstić information content (AvgIpc) is 1.90. The lowest BCUT2D eigenvalue weighted by molar-refractivity contribution is -0.318. The van der Waals surface area contributed by atoms with Crippen LogP contribution in [-0.4, -0.2) is 18.7 Å². The summed E-state index contributed by atoms with van der Waals surface area (Å²) < 4.78 is 4.88. The third kappa shape index (κ3) is 1.68. The summed E-state index contributed by atoms with van der Waals surface area (Å²) in [5, 5.41) is 10.1. The van der Waals surface area contributed by atoms with Gasteiger partial charge in [0.05, 0.1) is 12.1 Å². The van der Waals surface area contributed by atoms with E-state index in [-0.39, 0.29) is 0 Å². The Kier molecular flexibility index (Phi) is 2.05. The number of aliphatic carboxylic acids is 1. The van der Waals surface area contributed by atoms with Crippen LogP contribution in [0, 0.1) is 0 Å². The molecule has 1 aliphatic heterocycles. The zero-order valence-electron chi connectivity index (χ0n) is 5.13. The molecule has 52 valence electrons. The Labute approximate surface area is 53.6 Å². The predicted molar refractivity (Wildman–Crippen MR) is 28.6 cm³/mol. The van der Waals surface area contributed by atoms with Gasteiger partial charge in [0.2, 0.25) is 0 Å². The number of ether oxygens (including phenoxy) is 1. The largest absolute Gasteiger partial charge is 0.547 e. The summed E-state index contributed by atoms with van der Waals surface area (Å²) in [5.41, 5.74) is 0. The van der Waals surface area contributed by atoms with Gasteiger partial charge in [-0.05, 0) is 19.3 Å². The van der Waals surface area contributed by atoms with Crippen LogP contribution >= 0.6 is 0 Å². The monoisotopic (exact) mass is 129 g/mol. The van der Waals surface area contributed by atoms with Gasteiger partial charge >= 0.3 is 0 Å². The third-order valence-electron chi connectivity index (χ3n) is 1.44. The number of carboxylic acids is 1. The van der Waals surface area contributed by atoms with Crippen molar-refractivity contribution >= 4 is 5.97 Å². The van der Waals surface area contributed by atoms with Crippen LogP contribution in [0.15, 0.2) is 0 Å². The van der Waals surface area contributed by atoms with E-state index in [9.17, 15) is 9.90 Å². The smallest absolute Gasteiger partial charge is 0.0968 e. The lowest BCUT2D eigenvalue weighted by Crippen LogP contribution is -2.39. The van der Waals surface area contributed by atoms with Gasteiger partial charge in [-0.1, -0.05) is 0 Å². The van der Waals surface area contributed by atoms with Crippen LogP contribution in [0.1, 0.15) is 19.3 Å². The van der Waals surface area contributed by atoms with Gasteiger partial charge < -0.3 is 14.6 Å². The Morgan fingerprint density at radius 3 is 2.67 bits per heavy atom. The van der Waals surface area contributed by atoms with Crippen molar-refractivity contribution < 1.29 is 14.6 Å². The fourth-order valence-electron chi connectivity index (χ4n) is 0.927. The molecule has 0 aromatic carbocycles. The van der Waals surface area contributed by atoms with Gasteiger partial charge in [-0.2, -0.15) is 0 Å². The molecule has 0 aromatic rings. The topological polar surface area (TPSA) is 49.4 Å². The summed E-state index contributed by atoms with van der Waals surface area (Å²) in [7, 11) is 0. The van der Waals surface area contributed by atoms with Crippen molar-refractivity contribution in [1.82, 2.24) is 0 Å². The predicted octanol–water partition coefficient (Wildman–Crippen LogP) is -0.695. The zero-order valence-corrected chi connectivity index (χ0v) is 5.13. The fourth-order valence-corrected chi connectivity index (χ4v) is 0.927. The molecule has 1 heterocycles. The summed E-state index contributed by atoms with van der Waals surface area (Å²) >= 11 is 0. The van der Waals surface area contributed by atoms with Crippen molar-refractivity contribution in [3.63, 3.8) is 0 Å². The van der Waals surface area contributed by atoms with E-state index in [0.29, 0.717) is 13.0 Å². The first kappa shape index (κ1) is 6.55. The minimum absolute atomic E-state index is 0.568. The lowest BCUT2D eigenvalue weighted by Gasteiger charge is -2.22. The van der Waals surface area contributed by atoms with Gasteiger partial charge in [0.1, 0.15) is 0 Å². The van der Waals surface area contributed by atoms with Gasteiger partial charge in [0.15, 0.2) is 0 Å². The molecule has 0 unspecified atom stereocenters. The van der Waals surface area contributed by atoms with Crippen LogP contribution in [0.5, 0.6) is 0 Å². The van der Waals surface area contributed by atoms with Gasteiger partial charge in [-0.25, -0.2) is 0 Å². The van der Waals surface area contributed by atoms with Crippen LogP contribution in [0.3, 0.4) is 0 Å². The Hall–Kier alpha value is -0.570. The van der Waals surface area contributed by atoms with E-state index in [1.807, 2.05) is 0 Å². The first-order valence-electron chi connectivity index (χ1n) is 3.13. The minimum Gasteiger partial charge on any atom is -0.547 e.